The number of aryl methyl sites for hydroxylation is 1. The maximum absolute atomic E-state index is 6.61. The van der Waals surface area contributed by atoms with E-state index < -0.39 is 5.54 Å². The first-order valence-corrected chi connectivity index (χ1v) is 15.1. The number of benzene rings is 3. The second-order valence-electron chi connectivity index (χ2n) is 12.1. The molecule has 0 unspecified atom stereocenters. The fourth-order valence-electron chi connectivity index (χ4n) is 7.33. The van der Waals surface area contributed by atoms with Gasteiger partial charge in [0.15, 0.2) is 10.9 Å². The summed E-state index contributed by atoms with van der Waals surface area (Å²) < 4.78 is 0. The first-order chi connectivity index (χ1) is 19.0. The maximum Gasteiger partial charge on any atom is 0.170 e. The Hall–Kier alpha value is -3.22. The van der Waals surface area contributed by atoms with E-state index in [1.807, 2.05) is 11.8 Å². The number of rotatable bonds is 2. The largest absolute Gasteiger partial charge is 0.407 e. The van der Waals surface area contributed by atoms with E-state index >= 15 is 0 Å². The lowest BCUT2D eigenvalue weighted by Gasteiger charge is -2.57. The predicted octanol–water partition coefficient (Wildman–Crippen LogP) is 6.81. The van der Waals surface area contributed by atoms with E-state index in [1.54, 1.807) is 0 Å². The number of anilines is 1. The Balaban J connectivity index is 1.33. The van der Waals surface area contributed by atoms with Crippen LogP contribution in [0, 0.1) is 0 Å². The van der Waals surface area contributed by atoms with Crippen molar-refractivity contribution in [3.8, 4) is 5.75 Å². The molecule has 2 atom stereocenters. The number of hydroxylamine groups is 1. The van der Waals surface area contributed by atoms with Gasteiger partial charge in [0, 0.05) is 34.8 Å². The Morgan fingerprint density at radius 1 is 0.923 bits per heavy atom. The van der Waals surface area contributed by atoms with Gasteiger partial charge in [-0.25, -0.2) is 0 Å². The Labute approximate surface area is 234 Å². The molecule has 0 bridgehead atoms. The second-order valence-corrected chi connectivity index (χ2v) is 13.1. The van der Waals surface area contributed by atoms with Gasteiger partial charge in [-0.05, 0) is 81.0 Å². The van der Waals surface area contributed by atoms with Crippen LogP contribution in [-0.2, 0) is 12.8 Å². The molecule has 5 heterocycles. The number of aliphatic imine (C=N–C) groups is 1. The van der Waals surface area contributed by atoms with Crippen LogP contribution in [0.1, 0.15) is 67.5 Å². The fraction of sp³-hybridized carbons (Fsp3) is 0.364. The highest BCUT2D eigenvalue weighted by Gasteiger charge is 2.61. The highest BCUT2D eigenvalue weighted by molar-refractivity contribution is 8.22. The summed E-state index contributed by atoms with van der Waals surface area (Å²) in [5, 5.41) is 1.07. The van der Waals surface area contributed by atoms with Crippen molar-refractivity contribution in [2.45, 2.75) is 63.6 Å². The van der Waals surface area contributed by atoms with Crippen molar-refractivity contribution in [3.63, 3.8) is 0 Å². The third-order valence-corrected chi connectivity index (χ3v) is 10.8. The van der Waals surface area contributed by atoms with Crippen LogP contribution in [0.15, 0.2) is 71.7 Å². The molecule has 0 aromatic heterocycles. The van der Waals surface area contributed by atoms with Crippen LogP contribution in [0.2, 0.25) is 0 Å². The Kier molecular flexibility index (Phi) is 5.09. The summed E-state index contributed by atoms with van der Waals surface area (Å²) in [5.74, 6) is 1.03. The van der Waals surface area contributed by atoms with Crippen LogP contribution in [0.3, 0.4) is 0 Å². The monoisotopic (exact) mass is 534 g/mol. The van der Waals surface area contributed by atoms with E-state index in [4.69, 9.17) is 9.83 Å². The highest BCUT2D eigenvalue weighted by Crippen LogP contribution is 2.59. The van der Waals surface area contributed by atoms with Gasteiger partial charge in [0.2, 0.25) is 0 Å². The molecule has 0 fully saturated rings. The fourth-order valence-corrected chi connectivity index (χ4v) is 8.64. The zero-order valence-electron chi connectivity index (χ0n) is 22.8. The van der Waals surface area contributed by atoms with Crippen molar-refractivity contribution < 1.29 is 4.84 Å². The Morgan fingerprint density at radius 3 is 2.36 bits per heavy atom. The molecule has 198 valence electrons. The average Bonchev–Trinajstić information content (AvgIpc) is 3.36. The van der Waals surface area contributed by atoms with Gasteiger partial charge >= 0.3 is 0 Å². The molecule has 5 aliphatic heterocycles. The van der Waals surface area contributed by atoms with Crippen molar-refractivity contribution >= 4 is 33.2 Å². The number of nitrogens with one attached hydrogen (secondary N) is 1. The number of fused-ring (bicyclic) bond motifs is 5. The predicted molar refractivity (Wildman–Crippen MR) is 161 cm³/mol. The lowest BCUT2D eigenvalue weighted by Crippen LogP contribution is -2.72. The summed E-state index contributed by atoms with van der Waals surface area (Å²) in [7, 11) is 0. The molecule has 0 radical (unpaired) electrons. The zero-order chi connectivity index (χ0) is 26.4. The number of nitrogens with zero attached hydrogens (tertiary/aromatic N) is 3. The topological polar surface area (TPSA) is 40.1 Å². The standard InChI is InChI=1S/C33H34N4OS/c1-32(2)33(3)30(25-20-23-16-10-18-36-19-11-17-24(26(23)36)28(25)38-35-33)34-31-37(32)27(21-12-6-4-7-13-21)29(39-31)22-14-8-5-9-15-22/h4-9,12-15,20,30,35H,10-11,16-19H2,1-3H3/t30-,33+/m0/s1. The number of hydrogen-bond donors (Lipinski definition) is 1. The van der Waals surface area contributed by atoms with Gasteiger partial charge in [-0.2, -0.15) is 0 Å². The van der Waals surface area contributed by atoms with Gasteiger partial charge in [0.1, 0.15) is 11.6 Å². The van der Waals surface area contributed by atoms with E-state index in [2.05, 4.69) is 103 Å². The molecule has 0 aliphatic carbocycles. The van der Waals surface area contributed by atoms with E-state index in [1.165, 1.54) is 56.9 Å². The van der Waals surface area contributed by atoms with Gasteiger partial charge in [-0.3, -0.25) is 4.99 Å². The molecule has 1 N–H and O–H groups in total. The molecular formula is C33H34N4OS. The van der Waals surface area contributed by atoms with Crippen LogP contribution in [0.25, 0.3) is 10.6 Å². The molecule has 39 heavy (non-hydrogen) atoms. The molecule has 8 rings (SSSR count). The molecule has 0 saturated carbocycles. The van der Waals surface area contributed by atoms with Crippen molar-refractivity contribution in [1.82, 2.24) is 10.4 Å². The Bertz CT molecular complexity index is 1540. The van der Waals surface area contributed by atoms with E-state index in [0.717, 1.165) is 36.8 Å². The summed E-state index contributed by atoms with van der Waals surface area (Å²) in [6, 6.07) is 23.9. The molecule has 5 nitrogen and oxygen atoms in total. The number of amidine groups is 1. The van der Waals surface area contributed by atoms with Crippen LogP contribution in [-0.4, -0.2) is 34.2 Å². The summed E-state index contributed by atoms with van der Waals surface area (Å²) in [6.45, 7) is 9.30. The smallest absolute Gasteiger partial charge is 0.170 e. The van der Waals surface area contributed by atoms with Crippen LogP contribution in [0.5, 0.6) is 5.75 Å². The quantitative estimate of drug-likeness (QED) is 0.391. The van der Waals surface area contributed by atoms with Crippen LogP contribution >= 0.6 is 11.8 Å². The van der Waals surface area contributed by atoms with Crippen LogP contribution < -0.4 is 15.2 Å². The molecule has 5 aliphatic rings. The summed E-state index contributed by atoms with van der Waals surface area (Å²) in [6.07, 6.45) is 4.62. The minimum atomic E-state index is -0.444. The van der Waals surface area contributed by atoms with Gasteiger partial charge in [0.05, 0.1) is 11.2 Å². The van der Waals surface area contributed by atoms with Crippen molar-refractivity contribution in [2.75, 3.05) is 18.0 Å². The Morgan fingerprint density at radius 2 is 1.62 bits per heavy atom. The van der Waals surface area contributed by atoms with Gasteiger partial charge < -0.3 is 14.6 Å². The molecule has 0 amide bonds. The van der Waals surface area contributed by atoms with Crippen LogP contribution in [0.4, 0.5) is 5.69 Å². The van der Waals surface area contributed by atoms with Gasteiger partial charge in [0.25, 0.3) is 0 Å². The summed E-state index contributed by atoms with van der Waals surface area (Å²) >= 11 is 1.81. The third-order valence-electron chi connectivity index (χ3n) is 9.68. The van der Waals surface area contributed by atoms with Gasteiger partial charge in [-0.1, -0.05) is 60.7 Å². The molecule has 0 saturated heterocycles. The molecular weight excluding hydrogens is 500 g/mol. The number of hydrogen-bond acceptors (Lipinski definition) is 6. The SMILES string of the molecule is CC1(C)N2C(=N[C@H]3c4cc5c6c(c4ON[C@]31C)CCCN6CCC5)SC(c1ccccc1)=C2c1ccccc1. The van der Waals surface area contributed by atoms with E-state index in [9.17, 15) is 0 Å². The van der Waals surface area contributed by atoms with Crippen molar-refractivity contribution in [2.24, 2.45) is 4.99 Å². The lowest BCUT2D eigenvalue weighted by atomic mass is 9.69. The first kappa shape index (κ1) is 23.6. The second kappa shape index (κ2) is 8.39. The molecule has 0 spiro atoms. The molecule has 3 aromatic carbocycles. The van der Waals surface area contributed by atoms with E-state index in [0.29, 0.717) is 0 Å². The first-order valence-electron chi connectivity index (χ1n) is 14.3. The highest BCUT2D eigenvalue weighted by atomic mass is 32.2. The van der Waals surface area contributed by atoms with Gasteiger partial charge in [-0.15, -0.1) is 5.48 Å². The molecule has 6 heteroatoms. The molecule has 3 aromatic rings. The number of thioether (sulfide) groups is 1. The average molecular weight is 535 g/mol. The zero-order valence-corrected chi connectivity index (χ0v) is 23.6. The minimum Gasteiger partial charge on any atom is -0.407 e. The summed E-state index contributed by atoms with van der Waals surface area (Å²) in [5.41, 5.74) is 12.0. The summed E-state index contributed by atoms with van der Waals surface area (Å²) in [4.78, 5) is 18.5. The minimum absolute atomic E-state index is 0.0407. The third kappa shape index (κ3) is 3.22. The maximum atomic E-state index is 6.61. The normalized spacial score (nSPS) is 26.2. The van der Waals surface area contributed by atoms with E-state index in [-0.39, 0.29) is 11.6 Å². The van der Waals surface area contributed by atoms with Crippen molar-refractivity contribution in [3.05, 3.63) is 94.5 Å². The lowest BCUT2D eigenvalue weighted by molar-refractivity contribution is -0.0249. The van der Waals surface area contributed by atoms with Crippen molar-refractivity contribution in [1.29, 1.82) is 0 Å².